The predicted octanol–water partition coefficient (Wildman–Crippen LogP) is 3.30. The number of nitrogens with zero attached hydrogens (tertiary/aromatic N) is 2. The Balaban J connectivity index is 1.40. The molecule has 1 aromatic carbocycles. The Morgan fingerprint density at radius 2 is 1.97 bits per heavy atom. The van der Waals surface area contributed by atoms with Crippen molar-refractivity contribution in [3.05, 3.63) is 29.8 Å². The minimum Gasteiger partial charge on any atom is -0.480 e. The van der Waals surface area contributed by atoms with Crippen molar-refractivity contribution in [1.82, 2.24) is 10.2 Å². The molecule has 2 aliphatic heterocycles. The number of hydrogen-bond donors (Lipinski definition) is 2. The molecule has 4 rings (SSSR count). The second-order valence-electron chi connectivity index (χ2n) is 9.17. The number of para-hydroxylation sites is 1. The smallest absolute Gasteiger partial charge is 0.425 e. The minimum atomic E-state index is -4.53. The Hall–Kier alpha value is -2.78. The SMILES string of the molecule is CCC1(CC)CC(=O)N(C[C@H]2C[C@@H]2C(=O)N[C@H]2C[C@@H](C(F)(F)F)Oc3ccccc32)C(N)=N1. The monoisotopic (exact) mass is 466 g/mol. The number of guanidine groups is 1. The maximum Gasteiger partial charge on any atom is 0.425 e. The Kier molecular flexibility index (Phi) is 6.05. The van der Waals surface area contributed by atoms with Gasteiger partial charge in [0.2, 0.25) is 11.8 Å². The van der Waals surface area contributed by atoms with Crippen molar-refractivity contribution >= 4 is 17.8 Å². The third kappa shape index (κ3) is 4.65. The average Bonchev–Trinajstić information content (AvgIpc) is 3.55. The topological polar surface area (TPSA) is 97.0 Å². The summed E-state index contributed by atoms with van der Waals surface area (Å²) in [5.41, 5.74) is 6.15. The quantitative estimate of drug-likeness (QED) is 0.672. The number of nitrogens with two attached hydrogens (primary N) is 1. The molecular formula is C23H29F3N4O3. The Morgan fingerprint density at radius 3 is 2.61 bits per heavy atom. The first-order chi connectivity index (χ1) is 15.6. The van der Waals surface area contributed by atoms with E-state index in [0.29, 0.717) is 24.8 Å². The zero-order chi connectivity index (χ0) is 24.0. The molecule has 1 aliphatic carbocycles. The summed E-state index contributed by atoms with van der Waals surface area (Å²) >= 11 is 0. The van der Waals surface area contributed by atoms with Gasteiger partial charge in [-0.25, -0.2) is 4.99 Å². The fourth-order valence-corrected chi connectivity index (χ4v) is 4.74. The number of alkyl halides is 3. The lowest BCUT2D eigenvalue weighted by Crippen LogP contribution is -2.52. The van der Waals surface area contributed by atoms with Gasteiger partial charge in [-0.2, -0.15) is 13.2 Å². The van der Waals surface area contributed by atoms with Crippen molar-refractivity contribution in [2.45, 2.75) is 69.8 Å². The molecule has 0 spiro atoms. The van der Waals surface area contributed by atoms with Crippen molar-refractivity contribution in [2.24, 2.45) is 22.6 Å². The zero-order valence-electron chi connectivity index (χ0n) is 18.7. The van der Waals surface area contributed by atoms with E-state index in [-0.39, 0.29) is 54.7 Å². The van der Waals surface area contributed by atoms with E-state index >= 15 is 0 Å². The number of carbonyl (C=O) groups excluding carboxylic acids is 2. The second-order valence-corrected chi connectivity index (χ2v) is 9.17. The van der Waals surface area contributed by atoms with Gasteiger partial charge in [0.05, 0.1) is 18.0 Å². The van der Waals surface area contributed by atoms with Crippen LogP contribution in [0, 0.1) is 11.8 Å². The third-order valence-corrected chi connectivity index (χ3v) is 7.10. The number of amides is 2. The average molecular weight is 467 g/mol. The van der Waals surface area contributed by atoms with Crippen LogP contribution in [0.4, 0.5) is 13.2 Å². The van der Waals surface area contributed by atoms with E-state index in [9.17, 15) is 22.8 Å². The van der Waals surface area contributed by atoms with Crippen LogP contribution in [0.2, 0.25) is 0 Å². The highest BCUT2D eigenvalue weighted by Gasteiger charge is 2.49. The van der Waals surface area contributed by atoms with E-state index in [1.165, 1.54) is 11.0 Å². The van der Waals surface area contributed by atoms with Crippen LogP contribution in [0.25, 0.3) is 0 Å². The molecular weight excluding hydrogens is 437 g/mol. The summed E-state index contributed by atoms with van der Waals surface area (Å²) in [6, 6.07) is 5.64. The van der Waals surface area contributed by atoms with E-state index < -0.39 is 23.9 Å². The van der Waals surface area contributed by atoms with E-state index in [4.69, 9.17) is 10.5 Å². The third-order valence-electron chi connectivity index (χ3n) is 7.10. The molecule has 0 saturated heterocycles. The predicted molar refractivity (Wildman–Crippen MR) is 115 cm³/mol. The van der Waals surface area contributed by atoms with Crippen LogP contribution < -0.4 is 15.8 Å². The number of carbonyl (C=O) groups is 2. The molecule has 10 heteroatoms. The number of ether oxygens (including phenoxy) is 1. The molecule has 4 atom stereocenters. The molecule has 2 amide bonds. The molecule has 2 heterocycles. The maximum atomic E-state index is 13.3. The van der Waals surface area contributed by atoms with Crippen LogP contribution in [-0.4, -0.2) is 47.0 Å². The van der Waals surface area contributed by atoms with Crippen LogP contribution in [0.3, 0.4) is 0 Å². The van der Waals surface area contributed by atoms with Gasteiger partial charge < -0.3 is 15.8 Å². The van der Waals surface area contributed by atoms with E-state index in [1.54, 1.807) is 18.2 Å². The number of nitrogens with one attached hydrogen (secondary N) is 1. The van der Waals surface area contributed by atoms with Gasteiger partial charge in [0, 0.05) is 24.4 Å². The lowest BCUT2D eigenvalue weighted by molar-refractivity contribution is -0.201. The van der Waals surface area contributed by atoms with Gasteiger partial charge in [-0.1, -0.05) is 32.0 Å². The molecule has 3 aliphatic rings. The molecule has 0 radical (unpaired) electrons. The Labute approximate surface area is 190 Å². The number of fused-ring (bicyclic) bond motifs is 1. The molecule has 3 N–H and O–H groups in total. The van der Waals surface area contributed by atoms with E-state index in [2.05, 4.69) is 10.3 Å². The highest BCUT2D eigenvalue weighted by atomic mass is 19.4. The second kappa shape index (κ2) is 8.53. The van der Waals surface area contributed by atoms with Crippen LogP contribution in [0.15, 0.2) is 29.3 Å². The first-order valence-corrected chi connectivity index (χ1v) is 11.3. The lowest BCUT2D eigenvalue weighted by atomic mass is 9.88. The zero-order valence-corrected chi connectivity index (χ0v) is 18.7. The minimum absolute atomic E-state index is 0.105. The van der Waals surface area contributed by atoms with Gasteiger partial charge >= 0.3 is 6.18 Å². The summed E-state index contributed by atoms with van der Waals surface area (Å²) in [7, 11) is 0. The highest BCUT2D eigenvalue weighted by Crippen LogP contribution is 2.43. The molecule has 1 saturated carbocycles. The maximum absolute atomic E-state index is 13.3. The number of hydrogen-bond acceptors (Lipinski definition) is 5. The van der Waals surface area contributed by atoms with Gasteiger partial charge in [0.25, 0.3) is 0 Å². The number of aliphatic imine (C=N–C) groups is 1. The van der Waals surface area contributed by atoms with E-state index in [1.807, 2.05) is 13.8 Å². The molecule has 0 bridgehead atoms. The summed E-state index contributed by atoms with van der Waals surface area (Å²) < 4.78 is 45.1. The molecule has 0 unspecified atom stereocenters. The standard InChI is InChI=1S/C23H29F3N4O3/c1-3-22(4-2)11-19(31)30(21(27)29-22)12-13-9-15(13)20(32)28-16-10-18(23(24,25)26)33-17-8-6-5-7-14(16)17/h5-8,13,15-16,18H,3-4,9-12H2,1-2H3,(H2,27,29)(H,28,32)/t13-,15+,16+,18+/m1/s1. The van der Waals surface area contributed by atoms with Gasteiger partial charge in [-0.3, -0.25) is 14.5 Å². The van der Waals surface area contributed by atoms with Gasteiger partial charge in [0.15, 0.2) is 12.1 Å². The van der Waals surface area contributed by atoms with Crippen molar-refractivity contribution in [3.8, 4) is 5.75 Å². The first-order valence-electron chi connectivity index (χ1n) is 11.3. The van der Waals surface area contributed by atoms with Crippen LogP contribution >= 0.6 is 0 Å². The normalized spacial score (nSPS) is 28.5. The molecule has 1 aromatic rings. The van der Waals surface area contributed by atoms with Crippen LogP contribution in [0.5, 0.6) is 5.75 Å². The van der Waals surface area contributed by atoms with Crippen LogP contribution in [0.1, 0.15) is 57.6 Å². The lowest BCUT2D eigenvalue weighted by Gasteiger charge is -2.36. The van der Waals surface area contributed by atoms with Crippen molar-refractivity contribution in [2.75, 3.05) is 6.54 Å². The van der Waals surface area contributed by atoms with Gasteiger partial charge in [-0.15, -0.1) is 0 Å². The van der Waals surface area contributed by atoms with Crippen molar-refractivity contribution in [3.63, 3.8) is 0 Å². The number of rotatable bonds is 6. The Morgan fingerprint density at radius 1 is 1.27 bits per heavy atom. The first kappa shape index (κ1) is 23.4. The largest absolute Gasteiger partial charge is 0.480 e. The van der Waals surface area contributed by atoms with Gasteiger partial charge in [0.1, 0.15) is 5.75 Å². The molecule has 33 heavy (non-hydrogen) atoms. The fraction of sp³-hybridized carbons (Fsp3) is 0.609. The molecule has 1 fully saturated rings. The Bertz CT molecular complexity index is 961. The number of benzene rings is 1. The molecule has 7 nitrogen and oxygen atoms in total. The van der Waals surface area contributed by atoms with E-state index in [0.717, 1.165) is 0 Å². The van der Waals surface area contributed by atoms with Crippen LogP contribution in [-0.2, 0) is 9.59 Å². The summed E-state index contributed by atoms with van der Waals surface area (Å²) in [5.74, 6) is -0.613. The highest BCUT2D eigenvalue weighted by molar-refractivity contribution is 5.99. The summed E-state index contributed by atoms with van der Waals surface area (Å²) in [4.78, 5) is 31.6. The summed E-state index contributed by atoms with van der Waals surface area (Å²) in [6.07, 6.45) is -4.65. The van der Waals surface area contributed by atoms with Crippen molar-refractivity contribution in [1.29, 1.82) is 0 Å². The van der Waals surface area contributed by atoms with Crippen molar-refractivity contribution < 1.29 is 27.5 Å². The number of halogens is 3. The fourth-order valence-electron chi connectivity index (χ4n) is 4.74. The molecule has 0 aromatic heterocycles. The summed E-state index contributed by atoms with van der Waals surface area (Å²) in [6.45, 7) is 4.23. The summed E-state index contributed by atoms with van der Waals surface area (Å²) in [5, 5.41) is 2.78. The van der Waals surface area contributed by atoms with Gasteiger partial charge in [-0.05, 0) is 31.2 Å². The molecule has 180 valence electrons.